The number of carbonyl (C=O) groups is 1. The molecule has 3 aromatic rings. The molecule has 38 heavy (non-hydrogen) atoms. The largest absolute Gasteiger partial charge is 0.573 e. The second-order valence-electron chi connectivity index (χ2n) is 9.64. The third-order valence-corrected chi connectivity index (χ3v) is 8.59. The molecule has 3 N–H and O–H groups in total. The standard InChI is InChI=1S/C25H30F3N5O4S/c1-32(2)10-3-13-38(35,36)33-11-8-17(9-12-33)22-20-14-18(15-21(24(29)34)23(20)31-30-22)16-4-6-19(7-5-16)37-25(26,27)28/h4-7,14-15,17H,3,8-13H2,1-2H3,(H2,29,34)(H,30,31). The highest BCUT2D eigenvalue weighted by Gasteiger charge is 2.32. The first-order valence-corrected chi connectivity index (χ1v) is 13.8. The van der Waals surface area contributed by atoms with Crippen LogP contribution in [-0.4, -0.2) is 79.6 Å². The van der Waals surface area contributed by atoms with E-state index in [2.05, 4.69) is 14.9 Å². The average Bonchev–Trinajstić information content (AvgIpc) is 3.26. The van der Waals surface area contributed by atoms with Crippen LogP contribution >= 0.6 is 0 Å². The van der Waals surface area contributed by atoms with Crippen molar-refractivity contribution in [2.24, 2.45) is 5.73 Å². The molecule has 0 saturated carbocycles. The Labute approximate surface area is 218 Å². The number of nitrogens with zero attached hydrogens (tertiary/aromatic N) is 3. The predicted octanol–water partition coefficient (Wildman–Crippen LogP) is 3.69. The van der Waals surface area contributed by atoms with Crippen molar-refractivity contribution < 1.29 is 31.1 Å². The normalized spacial score (nSPS) is 15.8. The quantitative estimate of drug-likeness (QED) is 0.417. The Morgan fingerprint density at radius 2 is 1.82 bits per heavy atom. The van der Waals surface area contributed by atoms with Crippen molar-refractivity contribution in [1.82, 2.24) is 19.4 Å². The number of ether oxygens (including phenoxy) is 1. The molecule has 1 aliphatic heterocycles. The Kier molecular flexibility index (Phi) is 8.00. The Morgan fingerprint density at radius 3 is 2.39 bits per heavy atom. The van der Waals surface area contributed by atoms with Crippen molar-refractivity contribution in [2.75, 3.05) is 39.5 Å². The number of carbonyl (C=O) groups excluding carboxylic acids is 1. The van der Waals surface area contributed by atoms with Gasteiger partial charge in [0.05, 0.1) is 22.5 Å². The molecule has 2 heterocycles. The summed E-state index contributed by atoms with van der Waals surface area (Å²) in [7, 11) is 0.450. The maximum Gasteiger partial charge on any atom is 0.573 e. The molecule has 2 aromatic carbocycles. The number of aromatic nitrogens is 2. The molecule has 206 valence electrons. The number of hydrogen-bond donors (Lipinski definition) is 2. The van der Waals surface area contributed by atoms with Crippen molar-refractivity contribution in [2.45, 2.75) is 31.5 Å². The summed E-state index contributed by atoms with van der Waals surface area (Å²) in [6, 6.07) is 8.70. The van der Waals surface area contributed by atoms with Crippen molar-refractivity contribution in [3.05, 3.63) is 47.7 Å². The second-order valence-corrected chi connectivity index (χ2v) is 11.7. The zero-order chi connectivity index (χ0) is 27.7. The van der Waals surface area contributed by atoms with Crippen LogP contribution in [0.5, 0.6) is 5.75 Å². The number of fused-ring (bicyclic) bond motifs is 1. The van der Waals surface area contributed by atoms with Crippen LogP contribution in [0.2, 0.25) is 0 Å². The van der Waals surface area contributed by atoms with E-state index in [1.54, 1.807) is 6.07 Å². The van der Waals surface area contributed by atoms with Gasteiger partial charge in [0, 0.05) is 24.4 Å². The van der Waals surface area contributed by atoms with Gasteiger partial charge in [-0.3, -0.25) is 9.89 Å². The first kappa shape index (κ1) is 27.9. The third-order valence-electron chi connectivity index (χ3n) is 6.63. The first-order chi connectivity index (χ1) is 17.8. The highest BCUT2D eigenvalue weighted by Crippen LogP contribution is 2.36. The Morgan fingerprint density at radius 1 is 1.16 bits per heavy atom. The number of aromatic amines is 1. The molecule has 1 fully saturated rings. The highest BCUT2D eigenvalue weighted by molar-refractivity contribution is 7.89. The van der Waals surface area contributed by atoms with Gasteiger partial charge in [0.15, 0.2) is 0 Å². The molecule has 13 heteroatoms. The van der Waals surface area contributed by atoms with Crippen LogP contribution < -0.4 is 10.5 Å². The summed E-state index contributed by atoms with van der Waals surface area (Å²) < 4.78 is 68.5. The number of hydrogen-bond acceptors (Lipinski definition) is 6. The number of halogens is 3. The molecule has 9 nitrogen and oxygen atoms in total. The molecule has 1 aliphatic rings. The summed E-state index contributed by atoms with van der Waals surface area (Å²) in [5.41, 5.74) is 8.13. The van der Waals surface area contributed by atoms with Crippen molar-refractivity contribution in [1.29, 1.82) is 0 Å². The van der Waals surface area contributed by atoms with Gasteiger partial charge >= 0.3 is 6.36 Å². The SMILES string of the molecule is CN(C)CCCS(=O)(=O)N1CCC(c2n[nH]c3c(C(N)=O)cc(-c4ccc(OC(F)(F)F)cc4)cc23)CC1. The van der Waals surface area contributed by atoms with E-state index in [9.17, 15) is 26.4 Å². The monoisotopic (exact) mass is 553 g/mol. The lowest BCUT2D eigenvalue weighted by Gasteiger charge is -2.30. The molecule has 4 rings (SSSR count). The Hall–Kier alpha value is -3.16. The molecule has 0 unspecified atom stereocenters. The van der Waals surface area contributed by atoms with Gasteiger partial charge in [0.2, 0.25) is 10.0 Å². The van der Waals surface area contributed by atoms with Gasteiger partial charge in [-0.05, 0) is 75.3 Å². The van der Waals surface area contributed by atoms with E-state index in [-0.39, 0.29) is 23.0 Å². The molecule has 0 bridgehead atoms. The average molecular weight is 554 g/mol. The van der Waals surface area contributed by atoms with Crippen molar-refractivity contribution in [3.8, 4) is 16.9 Å². The summed E-state index contributed by atoms with van der Waals surface area (Å²) in [6.07, 6.45) is -3.12. The van der Waals surface area contributed by atoms with E-state index in [0.29, 0.717) is 66.6 Å². The fourth-order valence-electron chi connectivity index (χ4n) is 4.76. The summed E-state index contributed by atoms with van der Waals surface area (Å²) in [5.74, 6) is -0.984. The van der Waals surface area contributed by atoms with Crippen LogP contribution in [0.4, 0.5) is 13.2 Å². The molecular formula is C25H30F3N5O4S. The van der Waals surface area contributed by atoms with Gasteiger partial charge in [-0.25, -0.2) is 12.7 Å². The second kappa shape index (κ2) is 10.9. The van der Waals surface area contributed by atoms with E-state index >= 15 is 0 Å². The molecule has 1 saturated heterocycles. The third kappa shape index (κ3) is 6.45. The molecular weight excluding hydrogens is 523 g/mol. The zero-order valence-electron chi connectivity index (χ0n) is 21.1. The van der Waals surface area contributed by atoms with E-state index in [1.165, 1.54) is 28.6 Å². The zero-order valence-corrected chi connectivity index (χ0v) is 21.9. The number of nitrogens with two attached hydrogens (primary N) is 1. The fraction of sp³-hybridized carbons (Fsp3) is 0.440. The molecule has 0 spiro atoms. The van der Waals surface area contributed by atoms with Gasteiger partial charge in [-0.15, -0.1) is 13.2 Å². The summed E-state index contributed by atoms with van der Waals surface area (Å²) >= 11 is 0. The topological polar surface area (TPSA) is 122 Å². The molecule has 0 radical (unpaired) electrons. The number of primary amides is 1. The van der Waals surface area contributed by atoms with Gasteiger partial charge in [-0.1, -0.05) is 12.1 Å². The van der Waals surface area contributed by atoms with Crippen molar-refractivity contribution >= 4 is 26.8 Å². The maximum atomic E-state index is 12.8. The first-order valence-electron chi connectivity index (χ1n) is 12.1. The molecule has 1 amide bonds. The number of piperidine rings is 1. The van der Waals surface area contributed by atoms with Crippen LogP contribution in [0, 0.1) is 0 Å². The number of sulfonamides is 1. The number of benzene rings is 2. The predicted molar refractivity (Wildman–Crippen MR) is 137 cm³/mol. The Balaban J connectivity index is 1.57. The lowest BCUT2D eigenvalue weighted by molar-refractivity contribution is -0.274. The fourth-order valence-corrected chi connectivity index (χ4v) is 6.28. The highest BCUT2D eigenvalue weighted by atomic mass is 32.2. The minimum atomic E-state index is -4.80. The number of rotatable bonds is 9. The van der Waals surface area contributed by atoms with Crippen LogP contribution in [-0.2, 0) is 10.0 Å². The molecule has 1 aromatic heterocycles. The summed E-state index contributed by atoms with van der Waals surface area (Å²) in [6.45, 7) is 1.43. The van der Waals surface area contributed by atoms with E-state index in [0.717, 1.165) is 0 Å². The minimum Gasteiger partial charge on any atom is -0.406 e. The lowest BCUT2D eigenvalue weighted by Crippen LogP contribution is -2.39. The number of H-pyrrole nitrogens is 1. The van der Waals surface area contributed by atoms with E-state index < -0.39 is 22.3 Å². The Bertz CT molecular complexity index is 1400. The van der Waals surface area contributed by atoms with E-state index in [1.807, 2.05) is 25.1 Å². The maximum absolute atomic E-state index is 12.8. The van der Waals surface area contributed by atoms with Gasteiger partial charge in [0.1, 0.15) is 5.75 Å². The number of amides is 1. The minimum absolute atomic E-state index is 0.0458. The molecule has 0 atom stereocenters. The number of alkyl halides is 3. The van der Waals surface area contributed by atoms with Gasteiger partial charge in [0.25, 0.3) is 5.91 Å². The smallest absolute Gasteiger partial charge is 0.406 e. The van der Waals surface area contributed by atoms with Crippen LogP contribution in [0.15, 0.2) is 36.4 Å². The lowest BCUT2D eigenvalue weighted by atomic mass is 9.90. The van der Waals surface area contributed by atoms with Crippen molar-refractivity contribution in [3.63, 3.8) is 0 Å². The summed E-state index contributed by atoms with van der Waals surface area (Å²) in [4.78, 5) is 14.2. The van der Waals surface area contributed by atoms with Crippen LogP contribution in [0.1, 0.15) is 41.2 Å². The van der Waals surface area contributed by atoms with E-state index in [4.69, 9.17) is 5.73 Å². The number of nitrogens with one attached hydrogen (secondary N) is 1. The molecule has 0 aliphatic carbocycles. The van der Waals surface area contributed by atoms with Gasteiger partial charge in [-0.2, -0.15) is 5.10 Å². The summed E-state index contributed by atoms with van der Waals surface area (Å²) in [5, 5.41) is 8.02. The van der Waals surface area contributed by atoms with Gasteiger partial charge < -0.3 is 15.4 Å². The van der Waals surface area contributed by atoms with Crippen LogP contribution in [0.3, 0.4) is 0 Å². The van der Waals surface area contributed by atoms with Crippen LogP contribution in [0.25, 0.3) is 22.0 Å².